The number of nitrogens with zero attached hydrogens (tertiary/aromatic N) is 1. The molecule has 1 aliphatic rings. The van der Waals surface area contributed by atoms with Crippen LogP contribution in [0.2, 0.25) is 0 Å². The van der Waals surface area contributed by atoms with E-state index in [1.165, 1.54) is 19.2 Å². The second-order valence-corrected chi connectivity index (χ2v) is 7.39. The number of nitrogens with one attached hydrogen (secondary N) is 2. The average molecular weight is 396 g/mol. The quantitative estimate of drug-likeness (QED) is 0.499. The number of nitro benzene ring substituents is 1. The summed E-state index contributed by atoms with van der Waals surface area (Å²) in [6, 6.07) is 3.64. The summed E-state index contributed by atoms with van der Waals surface area (Å²) < 4.78 is 37.6. The van der Waals surface area contributed by atoms with Gasteiger partial charge in [0, 0.05) is 13.7 Å². The number of nitro groups is 1. The fourth-order valence-corrected chi connectivity index (χ4v) is 4.05. The summed E-state index contributed by atoms with van der Waals surface area (Å²) >= 11 is 0. The van der Waals surface area contributed by atoms with Crippen molar-refractivity contribution in [3.8, 4) is 5.75 Å². The molecular weight excluding hydrogens is 374 g/mol. The van der Waals surface area contributed by atoms with Crippen LogP contribution in [0.1, 0.15) is 12.8 Å². The molecule has 0 amide bonds. The molecule has 1 fully saturated rings. The monoisotopic (exact) mass is 395 g/mol. The number of benzene rings is 1. The predicted molar refractivity (Wildman–Crippen MR) is 93.9 cm³/mol. The van der Waals surface area contributed by atoms with E-state index in [1.807, 2.05) is 0 Å². The largest absolute Gasteiger partial charge is 0.497 e. The van der Waals surface area contributed by atoms with Gasteiger partial charge in [0.25, 0.3) is 5.69 Å². The summed E-state index contributed by atoms with van der Waals surface area (Å²) in [5.41, 5.74) is -1.02. The minimum absolute atomic E-state index is 0. The van der Waals surface area contributed by atoms with Crippen molar-refractivity contribution in [3.63, 3.8) is 0 Å². The van der Waals surface area contributed by atoms with Gasteiger partial charge in [0.2, 0.25) is 10.0 Å². The second kappa shape index (κ2) is 8.77. The van der Waals surface area contributed by atoms with Gasteiger partial charge >= 0.3 is 0 Å². The van der Waals surface area contributed by atoms with Gasteiger partial charge in [-0.3, -0.25) is 10.1 Å². The van der Waals surface area contributed by atoms with Gasteiger partial charge in [-0.15, -0.1) is 12.4 Å². The highest BCUT2D eigenvalue weighted by atomic mass is 35.5. The lowest BCUT2D eigenvalue weighted by Gasteiger charge is -2.28. The normalized spacial score (nSPS) is 20.1. The molecule has 2 N–H and O–H groups in total. The molecule has 1 atom stereocenters. The van der Waals surface area contributed by atoms with Crippen molar-refractivity contribution < 1.29 is 22.8 Å². The van der Waals surface area contributed by atoms with Gasteiger partial charge < -0.3 is 14.8 Å². The molecule has 1 aromatic rings. The van der Waals surface area contributed by atoms with Gasteiger partial charge in [0.05, 0.1) is 30.2 Å². The van der Waals surface area contributed by atoms with Gasteiger partial charge in [-0.1, -0.05) is 0 Å². The predicted octanol–water partition coefficient (Wildman–Crippen LogP) is 1.07. The highest BCUT2D eigenvalue weighted by Crippen LogP contribution is 2.28. The molecule has 11 heteroatoms. The summed E-state index contributed by atoms with van der Waals surface area (Å²) in [4.78, 5) is 10.1. The first-order valence-corrected chi connectivity index (χ1v) is 8.88. The van der Waals surface area contributed by atoms with Crippen molar-refractivity contribution in [3.05, 3.63) is 28.3 Å². The van der Waals surface area contributed by atoms with E-state index in [4.69, 9.17) is 9.47 Å². The molecule has 1 heterocycles. The first kappa shape index (κ1) is 21.6. The van der Waals surface area contributed by atoms with Crippen LogP contribution in [0.15, 0.2) is 23.1 Å². The summed E-state index contributed by atoms with van der Waals surface area (Å²) in [5.74, 6) is 0.217. The van der Waals surface area contributed by atoms with E-state index in [2.05, 4.69) is 10.0 Å². The third kappa shape index (κ3) is 5.02. The Morgan fingerprint density at radius 2 is 2.12 bits per heavy atom. The third-order valence-corrected chi connectivity index (χ3v) is 5.45. The van der Waals surface area contributed by atoms with Crippen molar-refractivity contribution in [1.29, 1.82) is 0 Å². The minimum atomic E-state index is -4.05. The Morgan fingerprint density at radius 1 is 1.40 bits per heavy atom. The number of hydrogen-bond acceptors (Lipinski definition) is 7. The Bertz CT molecular complexity index is 707. The van der Waals surface area contributed by atoms with E-state index >= 15 is 0 Å². The maximum Gasteiger partial charge on any atom is 0.293 e. The maximum absolute atomic E-state index is 12.5. The SMILES string of the molecule is COCC1(CNS(=O)(=O)c2ccc(OC)cc2[N+](=O)[O-])CCCN1.Cl. The number of sulfonamides is 1. The molecule has 9 nitrogen and oxygen atoms in total. The fourth-order valence-electron chi connectivity index (χ4n) is 2.78. The highest BCUT2D eigenvalue weighted by Gasteiger charge is 2.36. The lowest BCUT2D eigenvalue weighted by atomic mass is 9.99. The van der Waals surface area contributed by atoms with E-state index in [9.17, 15) is 18.5 Å². The minimum Gasteiger partial charge on any atom is -0.497 e. The van der Waals surface area contributed by atoms with Crippen LogP contribution in [-0.2, 0) is 14.8 Å². The summed E-state index contributed by atoms with van der Waals surface area (Å²) in [6.07, 6.45) is 1.67. The molecule has 0 bridgehead atoms. The lowest BCUT2D eigenvalue weighted by Crippen LogP contribution is -2.52. The van der Waals surface area contributed by atoms with Gasteiger partial charge in [-0.2, -0.15) is 0 Å². The molecule has 1 unspecified atom stereocenters. The van der Waals surface area contributed by atoms with Crippen molar-refractivity contribution in [1.82, 2.24) is 10.0 Å². The molecule has 2 rings (SSSR count). The topological polar surface area (TPSA) is 120 Å². The molecule has 0 saturated carbocycles. The van der Waals surface area contributed by atoms with Crippen LogP contribution in [0.5, 0.6) is 5.75 Å². The highest BCUT2D eigenvalue weighted by molar-refractivity contribution is 7.89. The smallest absolute Gasteiger partial charge is 0.293 e. The maximum atomic E-state index is 12.5. The number of rotatable bonds is 8. The van der Waals surface area contributed by atoms with Crippen LogP contribution >= 0.6 is 12.4 Å². The van der Waals surface area contributed by atoms with E-state index in [1.54, 1.807) is 7.11 Å². The van der Waals surface area contributed by atoms with Gasteiger partial charge in [0.1, 0.15) is 5.75 Å². The summed E-state index contributed by atoms with van der Waals surface area (Å²) in [7, 11) is -1.15. The molecule has 1 aliphatic heterocycles. The van der Waals surface area contributed by atoms with Crippen molar-refractivity contribution >= 4 is 28.1 Å². The Balaban J connectivity index is 0.00000312. The van der Waals surface area contributed by atoms with Crippen LogP contribution in [0, 0.1) is 10.1 Å². The Labute approximate surface area is 152 Å². The summed E-state index contributed by atoms with van der Waals surface area (Å²) in [6.45, 7) is 1.21. The van der Waals surface area contributed by atoms with E-state index in [-0.39, 0.29) is 29.6 Å². The molecule has 25 heavy (non-hydrogen) atoms. The van der Waals surface area contributed by atoms with Crippen molar-refractivity contribution in [2.75, 3.05) is 33.9 Å². The molecule has 0 spiro atoms. The van der Waals surface area contributed by atoms with Crippen LogP contribution in [0.3, 0.4) is 0 Å². The zero-order chi connectivity index (χ0) is 17.8. The molecule has 142 valence electrons. The number of halogens is 1. The molecule has 1 aromatic carbocycles. The lowest BCUT2D eigenvalue weighted by molar-refractivity contribution is -0.387. The Kier molecular flexibility index (Phi) is 7.57. The number of ether oxygens (including phenoxy) is 2. The van der Waals surface area contributed by atoms with Crippen molar-refractivity contribution in [2.45, 2.75) is 23.3 Å². The summed E-state index contributed by atoms with van der Waals surface area (Å²) in [5, 5.41) is 14.4. The molecular formula is C14H22ClN3O6S. The molecule has 0 aliphatic carbocycles. The zero-order valence-electron chi connectivity index (χ0n) is 14.0. The van der Waals surface area contributed by atoms with Crippen LogP contribution < -0.4 is 14.8 Å². The molecule has 0 radical (unpaired) electrons. The van der Waals surface area contributed by atoms with Crippen LogP contribution in [0.4, 0.5) is 5.69 Å². The second-order valence-electron chi connectivity index (χ2n) is 5.66. The standard InChI is InChI=1S/C14H21N3O6S.ClH/c1-22-10-14(6-3-7-15-14)9-16-24(20,21)13-5-4-11(23-2)8-12(13)17(18)19;/h4-5,8,15-16H,3,6-7,9-10H2,1-2H3;1H. The van der Waals surface area contributed by atoms with Gasteiger partial charge in [-0.05, 0) is 31.5 Å². The van der Waals surface area contributed by atoms with E-state index in [0.29, 0.717) is 6.61 Å². The van der Waals surface area contributed by atoms with Gasteiger partial charge in [0.15, 0.2) is 4.90 Å². The Hall–Kier alpha value is -1.46. The van der Waals surface area contributed by atoms with Gasteiger partial charge in [-0.25, -0.2) is 13.1 Å². The first-order valence-electron chi connectivity index (χ1n) is 7.40. The fraction of sp³-hybridized carbons (Fsp3) is 0.571. The zero-order valence-corrected chi connectivity index (χ0v) is 15.6. The number of hydrogen-bond donors (Lipinski definition) is 2. The number of methoxy groups -OCH3 is 2. The Morgan fingerprint density at radius 3 is 2.64 bits per heavy atom. The van der Waals surface area contributed by atoms with Crippen LogP contribution in [0.25, 0.3) is 0 Å². The van der Waals surface area contributed by atoms with E-state index in [0.717, 1.165) is 25.5 Å². The molecule has 0 aromatic heterocycles. The third-order valence-electron chi connectivity index (χ3n) is 4.01. The molecule has 1 saturated heterocycles. The van der Waals surface area contributed by atoms with Crippen molar-refractivity contribution in [2.24, 2.45) is 0 Å². The van der Waals surface area contributed by atoms with E-state index < -0.39 is 26.2 Å². The first-order chi connectivity index (χ1) is 11.3. The van der Waals surface area contributed by atoms with Crippen LogP contribution in [-0.4, -0.2) is 52.8 Å². The average Bonchev–Trinajstić information content (AvgIpc) is 3.02.